The molecule has 9 heteroatoms. The van der Waals surface area contributed by atoms with Crippen LogP contribution < -0.4 is 0 Å². The number of esters is 2. The maximum atomic E-state index is 12.9. The minimum Gasteiger partial charge on any atom is -0.477 e. The standard InChI is InChI=1S/C64H119NO8/c1-6-8-10-12-14-16-18-20-22-24-25-26-27-28-29-30-31-32-33-34-35-36-37-39-40-42-44-46-48-50-52-54-61(66)71-58-60(59-72-64(63(68)69)70-57-56-65(3,4)5)73-62(67)55-53-51-49-47-45-43-41-38-23-21-19-17-15-13-11-9-7-2/h9,11,15,17,21,23,60,64H,6-8,10,12-14,16,18-20,22,24-59H2,1-5H3/p+1/b11-9-,17-15-,23-21-. The highest BCUT2D eigenvalue weighted by Crippen LogP contribution is 2.18. The van der Waals surface area contributed by atoms with E-state index in [1.807, 2.05) is 21.1 Å². The van der Waals surface area contributed by atoms with Gasteiger partial charge in [0.05, 0.1) is 34.4 Å². The summed E-state index contributed by atoms with van der Waals surface area (Å²) in [5.74, 6) is -2.00. The summed E-state index contributed by atoms with van der Waals surface area (Å²) in [4.78, 5) is 37.4. The topological polar surface area (TPSA) is 108 Å². The summed E-state index contributed by atoms with van der Waals surface area (Å²) in [5.41, 5.74) is 0. The minimum absolute atomic E-state index is 0.183. The van der Waals surface area contributed by atoms with Crippen LogP contribution >= 0.6 is 0 Å². The first-order chi connectivity index (χ1) is 35.6. The van der Waals surface area contributed by atoms with Crippen LogP contribution in [0.4, 0.5) is 0 Å². The molecule has 0 spiro atoms. The molecule has 0 aliphatic rings. The molecule has 0 aliphatic carbocycles. The molecular formula is C64H120NO8+. The van der Waals surface area contributed by atoms with E-state index in [9.17, 15) is 19.5 Å². The highest BCUT2D eigenvalue weighted by atomic mass is 16.7. The number of carboxylic acids is 1. The zero-order valence-electron chi connectivity index (χ0n) is 48.8. The Balaban J connectivity index is 4.07. The highest BCUT2D eigenvalue weighted by molar-refractivity contribution is 5.71. The number of unbranched alkanes of at least 4 members (excludes halogenated alkanes) is 37. The lowest BCUT2D eigenvalue weighted by atomic mass is 10.0. The average Bonchev–Trinajstić information content (AvgIpc) is 3.36. The Morgan fingerprint density at radius 3 is 1.16 bits per heavy atom. The number of carbonyl (C=O) groups is 3. The van der Waals surface area contributed by atoms with Gasteiger partial charge in [0.2, 0.25) is 0 Å². The van der Waals surface area contributed by atoms with E-state index in [0.717, 1.165) is 64.2 Å². The van der Waals surface area contributed by atoms with Crippen LogP contribution in [0.5, 0.6) is 0 Å². The Kier molecular flexibility index (Phi) is 53.8. The average molecular weight is 1030 g/mol. The maximum absolute atomic E-state index is 12.9. The van der Waals surface area contributed by atoms with E-state index >= 15 is 0 Å². The first-order valence-electron chi connectivity index (χ1n) is 31.2. The molecule has 0 aromatic rings. The number of carbonyl (C=O) groups excluding carboxylic acids is 2. The number of hydrogen-bond acceptors (Lipinski definition) is 7. The first kappa shape index (κ1) is 70.5. The van der Waals surface area contributed by atoms with Crippen molar-refractivity contribution in [1.29, 1.82) is 0 Å². The van der Waals surface area contributed by atoms with Gasteiger partial charge in [-0.25, -0.2) is 4.79 Å². The molecule has 0 radical (unpaired) electrons. The number of hydrogen-bond donors (Lipinski definition) is 1. The van der Waals surface area contributed by atoms with Crippen LogP contribution in [0.3, 0.4) is 0 Å². The second-order valence-corrected chi connectivity index (χ2v) is 22.3. The smallest absolute Gasteiger partial charge is 0.361 e. The van der Waals surface area contributed by atoms with Crippen LogP contribution in [-0.2, 0) is 33.3 Å². The summed E-state index contributed by atoms with van der Waals surface area (Å²) in [6, 6.07) is 0. The maximum Gasteiger partial charge on any atom is 0.361 e. The van der Waals surface area contributed by atoms with Crippen LogP contribution in [0.25, 0.3) is 0 Å². The molecule has 0 amide bonds. The predicted octanol–water partition coefficient (Wildman–Crippen LogP) is 18.5. The third kappa shape index (κ3) is 57.1. The van der Waals surface area contributed by atoms with Gasteiger partial charge in [0.1, 0.15) is 13.2 Å². The highest BCUT2D eigenvalue weighted by Gasteiger charge is 2.25. The molecule has 73 heavy (non-hydrogen) atoms. The van der Waals surface area contributed by atoms with Crippen LogP contribution in [0, 0.1) is 0 Å². The van der Waals surface area contributed by atoms with E-state index in [-0.39, 0.29) is 32.2 Å². The normalized spacial score (nSPS) is 12.9. The number of allylic oxidation sites excluding steroid dienone is 6. The van der Waals surface area contributed by atoms with Crippen LogP contribution in [0.15, 0.2) is 36.5 Å². The zero-order valence-corrected chi connectivity index (χ0v) is 48.8. The van der Waals surface area contributed by atoms with Crippen molar-refractivity contribution in [1.82, 2.24) is 0 Å². The van der Waals surface area contributed by atoms with Gasteiger partial charge in [-0.05, 0) is 44.9 Å². The Hall–Kier alpha value is -2.49. The van der Waals surface area contributed by atoms with Gasteiger partial charge in [0.15, 0.2) is 6.10 Å². The lowest BCUT2D eigenvalue weighted by Crippen LogP contribution is -2.40. The Labute approximate surface area is 451 Å². The second-order valence-electron chi connectivity index (χ2n) is 22.3. The van der Waals surface area contributed by atoms with Crippen molar-refractivity contribution in [3.05, 3.63) is 36.5 Å². The lowest BCUT2D eigenvalue weighted by molar-refractivity contribution is -0.870. The van der Waals surface area contributed by atoms with Crippen LogP contribution in [0.1, 0.15) is 296 Å². The van der Waals surface area contributed by atoms with Gasteiger partial charge < -0.3 is 28.5 Å². The number of quaternary nitrogens is 1. The van der Waals surface area contributed by atoms with E-state index in [4.69, 9.17) is 18.9 Å². The van der Waals surface area contributed by atoms with E-state index in [1.54, 1.807) is 0 Å². The molecule has 0 saturated carbocycles. The Morgan fingerprint density at radius 2 is 0.781 bits per heavy atom. The number of carboxylic acid groups (broad SMARTS) is 1. The molecule has 0 heterocycles. The van der Waals surface area contributed by atoms with Gasteiger partial charge in [-0.15, -0.1) is 0 Å². The molecule has 0 rings (SSSR count). The fraction of sp³-hybridized carbons (Fsp3) is 0.859. The molecule has 0 aliphatic heterocycles. The van der Waals surface area contributed by atoms with Crippen molar-refractivity contribution in [3.63, 3.8) is 0 Å². The Morgan fingerprint density at radius 1 is 0.425 bits per heavy atom. The predicted molar refractivity (Wildman–Crippen MR) is 309 cm³/mol. The lowest BCUT2D eigenvalue weighted by Gasteiger charge is -2.25. The van der Waals surface area contributed by atoms with Gasteiger partial charge in [-0.1, -0.05) is 275 Å². The number of rotatable bonds is 58. The molecule has 2 atom stereocenters. The van der Waals surface area contributed by atoms with Gasteiger partial charge in [0, 0.05) is 12.8 Å². The van der Waals surface area contributed by atoms with Gasteiger partial charge in [-0.2, -0.15) is 0 Å². The van der Waals surface area contributed by atoms with Gasteiger partial charge in [0.25, 0.3) is 6.29 Å². The quantitative estimate of drug-likeness (QED) is 0.0211. The van der Waals surface area contributed by atoms with E-state index in [2.05, 4.69) is 50.3 Å². The molecule has 0 fully saturated rings. The van der Waals surface area contributed by atoms with Crippen LogP contribution in [0.2, 0.25) is 0 Å². The monoisotopic (exact) mass is 1030 g/mol. The molecule has 9 nitrogen and oxygen atoms in total. The molecule has 0 bridgehead atoms. The summed E-state index contributed by atoms with van der Waals surface area (Å²) in [5, 5.41) is 9.70. The van der Waals surface area contributed by atoms with Crippen molar-refractivity contribution >= 4 is 17.9 Å². The van der Waals surface area contributed by atoms with Crippen molar-refractivity contribution < 1.29 is 42.9 Å². The van der Waals surface area contributed by atoms with E-state index in [1.165, 1.54) is 199 Å². The molecule has 0 aromatic carbocycles. The molecule has 428 valence electrons. The molecule has 0 saturated heterocycles. The van der Waals surface area contributed by atoms with Gasteiger partial charge in [-0.3, -0.25) is 9.59 Å². The number of likely N-dealkylation sites (N-methyl/N-ethyl adjacent to an activating group) is 1. The van der Waals surface area contributed by atoms with Gasteiger partial charge >= 0.3 is 17.9 Å². The summed E-state index contributed by atoms with van der Waals surface area (Å²) in [7, 11) is 5.97. The van der Waals surface area contributed by atoms with Crippen molar-refractivity contribution in [2.45, 2.75) is 309 Å². The Bertz CT molecular complexity index is 1290. The summed E-state index contributed by atoms with van der Waals surface area (Å²) < 4.78 is 22.9. The molecule has 0 aromatic heterocycles. The fourth-order valence-electron chi connectivity index (χ4n) is 9.15. The SMILES string of the molecule is CC/C=C\C/C=C\C/C=C\CCCCCCCCCC(=O)OC(COC(=O)CCCCCCCCCCCCCCCCCCCCCCCCCCCCCCCCC)COC(OCC[N+](C)(C)C)C(=O)O. The van der Waals surface area contributed by atoms with Crippen molar-refractivity contribution in [3.8, 4) is 0 Å². The zero-order chi connectivity index (χ0) is 53.4. The third-order valence-corrected chi connectivity index (χ3v) is 13.9. The van der Waals surface area contributed by atoms with Crippen molar-refractivity contribution in [2.75, 3.05) is 47.5 Å². The molecule has 1 N–H and O–H groups in total. The van der Waals surface area contributed by atoms with Crippen LogP contribution in [-0.4, -0.2) is 87.4 Å². The number of aliphatic carboxylic acids is 1. The molecular weight excluding hydrogens is 911 g/mol. The minimum atomic E-state index is -1.51. The first-order valence-corrected chi connectivity index (χ1v) is 31.2. The summed E-state index contributed by atoms with van der Waals surface area (Å²) in [6.45, 7) is 4.80. The number of nitrogens with zero attached hydrogens (tertiary/aromatic N) is 1. The molecule has 2 unspecified atom stereocenters. The third-order valence-electron chi connectivity index (χ3n) is 13.9. The van der Waals surface area contributed by atoms with Crippen molar-refractivity contribution in [2.24, 2.45) is 0 Å². The number of ether oxygens (including phenoxy) is 4. The summed E-state index contributed by atoms with van der Waals surface area (Å²) >= 11 is 0. The fourth-order valence-corrected chi connectivity index (χ4v) is 9.15. The second kappa shape index (κ2) is 55.7. The van der Waals surface area contributed by atoms with E-state index in [0.29, 0.717) is 23.9 Å². The van der Waals surface area contributed by atoms with E-state index < -0.39 is 24.3 Å². The largest absolute Gasteiger partial charge is 0.477 e. The summed E-state index contributed by atoms with van der Waals surface area (Å²) in [6.07, 6.45) is 65.4.